The maximum absolute atomic E-state index is 13.1. The minimum atomic E-state index is -3.62. The van der Waals surface area contributed by atoms with Crippen molar-refractivity contribution in [2.45, 2.75) is 63.8 Å². The molecule has 2 aliphatic rings. The van der Waals surface area contributed by atoms with E-state index in [0.29, 0.717) is 50.6 Å². The lowest BCUT2D eigenvalue weighted by Crippen LogP contribution is -2.50. The van der Waals surface area contributed by atoms with Crippen LogP contribution in [0.1, 0.15) is 63.2 Å². The quantitative estimate of drug-likeness (QED) is 0.669. The van der Waals surface area contributed by atoms with Crippen LogP contribution in [0.3, 0.4) is 0 Å². The lowest BCUT2D eigenvalue weighted by atomic mass is 10.1. The van der Waals surface area contributed by atoms with E-state index in [4.69, 9.17) is 0 Å². The Labute approximate surface area is 186 Å². The fourth-order valence-electron chi connectivity index (χ4n) is 4.27. The van der Waals surface area contributed by atoms with Gasteiger partial charge in [0, 0.05) is 50.7 Å². The van der Waals surface area contributed by atoms with Crippen LogP contribution in [0.4, 0.5) is 0 Å². The third-order valence-electron chi connectivity index (χ3n) is 6.28. The monoisotopic (exact) mass is 449 g/mol. The molecule has 31 heavy (non-hydrogen) atoms. The highest BCUT2D eigenvalue weighted by Crippen LogP contribution is 2.26. The molecule has 1 atom stereocenters. The number of amides is 2. The molecule has 0 saturated carbocycles. The van der Waals surface area contributed by atoms with Crippen LogP contribution in [0.5, 0.6) is 0 Å². The van der Waals surface area contributed by atoms with Gasteiger partial charge in [0.2, 0.25) is 15.9 Å². The molecule has 8 heteroatoms. The zero-order valence-corrected chi connectivity index (χ0v) is 19.7. The number of nitrogens with zero attached hydrogens (tertiary/aromatic N) is 3. The molecule has 0 spiro atoms. The lowest BCUT2D eigenvalue weighted by molar-refractivity contribution is -0.132. The predicted molar refractivity (Wildman–Crippen MR) is 120 cm³/mol. The fourth-order valence-corrected chi connectivity index (χ4v) is 6.01. The Hall–Kier alpha value is -1.93. The first-order valence-electron chi connectivity index (χ1n) is 11.4. The second kappa shape index (κ2) is 10.1. The van der Waals surface area contributed by atoms with Crippen LogP contribution in [0.2, 0.25) is 0 Å². The number of hydrogen-bond acceptors (Lipinski definition) is 4. The predicted octanol–water partition coefficient (Wildman–Crippen LogP) is 2.97. The molecule has 0 aromatic heterocycles. The summed E-state index contributed by atoms with van der Waals surface area (Å²) >= 11 is 0. The van der Waals surface area contributed by atoms with Crippen molar-refractivity contribution in [3.63, 3.8) is 0 Å². The molecular formula is C23H35N3O4S. The topological polar surface area (TPSA) is 78.0 Å². The summed E-state index contributed by atoms with van der Waals surface area (Å²) in [6.07, 6.45) is 4.17. The number of sulfonamides is 1. The van der Waals surface area contributed by atoms with Gasteiger partial charge in [0.25, 0.3) is 5.91 Å². The third kappa shape index (κ3) is 5.66. The first-order chi connectivity index (χ1) is 14.7. The second-order valence-corrected chi connectivity index (χ2v) is 11.0. The molecular weight excluding hydrogens is 414 g/mol. The Kier molecular flexibility index (Phi) is 7.75. The number of benzene rings is 1. The Morgan fingerprint density at radius 1 is 1.03 bits per heavy atom. The molecule has 3 rings (SSSR count). The Morgan fingerprint density at radius 2 is 1.71 bits per heavy atom. The zero-order chi connectivity index (χ0) is 22.6. The summed E-state index contributed by atoms with van der Waals surface area (Å²) in [6, 6.07) is 6.35. The van der Waals surface area contributed by atoms with Gasteiger partial charge < -0.3 is 9.80 Å². The van der Waals surface area contributed by atoms with Crippen LogP contribution < -0.4 is 0 Å². The van der Waals surface area contributed by atoms with E-state index in [1.165, 1.54) is 6.07 Å². The molecule has 2 fully saturated rings. The first-order valence-corrected chi connectivity index (χ1v) is 12.8. The molecule has 2 heterocycles. The molecule has 2 aliphatic heterocycles. The smallest absolute Gasteiger partial charge is 0.254 e. The van der Waals surface area contributed by atoms with Crippen LogP contribution in [0.25, 0.3) is 0 Å². The number of hydrogen-bond donors (Lipinski definition) is 0. The van der Waals surface area contributed by atoms with Gasteiger partial charge in [-0.15, -0.1) is 0 Å². The van der Waals surface area contributed by atoms with Crippen LogP contribution >= 0.6 is 0 Å². The first kappa shape index (κ1) is 23.7. The van der Waals surface area contributed by atoms with E-state index < -0.39 is 10.0 Å². The van der Waals surface area contributed by atoms with Crippen molar-refractivity contribution in [1.82, 2.24) is 14.1 Å². The minimum Gasteiger partial charge on any atom is -0.339 e. The van der Waals surface area contributed by atoms with E-state index in [-0.39, 0.29) is 22.8 Å². The maximum atomic E-state index is 13.1. The van der Waals surface area contributed by atoms with Gasteiger partial charge in [0.05, 0.1) is 4.90 Å². The molecule has 2 saturated heterocycles. The lowest BCUT2D eigenvalue weighted by Gasteiger charge is -2.35. The molecule has 1 aromatic rings. The van der Waals surface area contributed by atoms with E-state index in [9.17, 15) is 18.0 Å². The Morgan fingerprint density at radius 3 is 2.35 bits per heavy atom. The largest absolute Gasteiger partial charge is 0.339 e. The van der Waals surface area contributed by atoms with E-state index in [0.717, 1.165) is 25.7 Å². The van der Waals surface area contributed by atoms with Crippen LogP contribution in [-0.2, 0) is 14.8 Å². The highest BCUT2D eigenvalue weighted by molar-refractivity contribution is 7.89. The summed E-state index contributed by atoms with van der Waals surface area (Å²) in [6.45, 7) is 8.63. The molecule has 0 radical (unpaired) electrons. The number of rotatable bonds is 6. The number of carbonyl (C=O) groups is 2. The summed E-state index contributed by atoms with van der Waals surface area (Å²) in [7, 11) is -3.62. The average Bonchev–Trinajstić information content (AvgIpc) is 2.77. The van der Waals surface area contributed by atoms with Gasteiger partial charge in [-0.1, -0.05) is 26.3 Å². The van der Waals surface area contributed by atoms with Crippen LogP contribution in [0, 0.1) is 5.92 Å². The van der Waals surface area contributed by atoms with Crippen molar-refractivity contribution < 1.29 is 18.0 Å². The SMILES string of the molecule is CC(C)CCC(=O)N1CCN(C(=O)c2cccc(S(=O)(=O)N3CCCCC3C)c2)CC1. The molecule has 0 bridgehead atoms. The van der Waals surface area contributed by atoms with E-state index in [2.05, 4.69) is 13.8 Å². The van der Waals surface area contributed by atoms with Crippen molar-refractivity contribution >= 4 is 21.8 Å². The molecule has 2 amide bonds. The summed E-state index contributed by atoms with van der Waals surface area (Å²) < 4.78 is 27.8. The number of piperidine rings is 1. The highest BCUT2D eigenvalue weighted by Gasteiger charge is 2.32. The van der Waals surface area contributed by atoms with E-state index >= 15 is 0 Å². The van der Waals surface area contributed by atoms with Crippen LogP contribution in [0.15, 0.2) is 29.2 Å². The molecule has 0 aliphatic carbocycles. The van der Waals surface area contributed by atoms with Crippen molar-refractivity contribution in [3.05, 3.63) is 29.8 Å². The fraction of sp³-hybridized carbons (Fsp3) is 0.652. The van der Waals surface area contributed by atoms with Gasteiger partial charge in [0.15, 0.2) is 0 Å². The van der Waals surface area contributed by atoms with E-state index in [1.807, 2.05) is 11.8 Å². The maximum Gasteiger partial charge on any atom is 0.254 e. The average molecular weight is 450 g/mol. The summed E-state index contributed by atoms with van der Waals surface area (Å²) in [4.78, 5) is 29.1. The standard InChI is InChI=1S/C23H35N3O4S/c1-18(2)10-11-22(27)24-13-15-25(16-14-24)23(28)20-8-6-9-21(17-20)31(29,30)26-12-5-4-7-19(26)3/h6,8-9,17-19H,4-5,7,10-16H2,1-3H3. The van der Waals surface area contributed by atoms with Crippen molar-refractivity contribution in [2.24, 2.45) is 5.92 Å². The van der Waals surface area contributed by atoms with Gasteiger partial charge in [-0.05, 0) is 50.3 Å². The highest BCUT2D eigenvalue weighted by atomic mass is 32.2. The zero-order valence-electron chi connectivity index (χ0n) is 18.9. The Bertz CT molecular complexity index is 892. The number of piperazine rings is 1. The normalized spacial score (nSPS) is 20.8. The summed E-state index contributed by atoms with van der Waals surface area (Å²) in [5.41, 5.74) is 0.380. The van der Waals surface area contributed by atoms with Gasteiger partial charge in [-0.3, -0.25) is 9.59 Å². The van der Waals surface area contributed by atoms with Gasteiger partial charge >= 0.3 is 0 Å². The van der Waals surface area contributed by atoms with Crippen molar-refractivity contribution in [1.29, 1.82) is 0 Å². The number of carbonyl (C=O) groups excluding carboxylic acids is 2. The molecule has 1 aromatic carbocycles. The van der Waals surface area contributed by atoms with Crippen molar-refractivity contribution in [2.75, 3.05) is 32.7 Å². The summed E-state index contributed by atoms with van der Waals surface area (Å²) in [5.74, 6) is 0.450. The van der Waals surface area contributed by atoms with Gasteiger partial charge in [-0.25, -0.2) is 8.42 Å². The van der Waals surface area contributed by atoms with Gasteiger partial charge in [-0.2, -0.15) is 4.31 Å². The Balaban J connectivity index is 1.65. The molecule has 1 unspecified atom stereocenters. The van der Waals surface area contributed by atoms with Crippen LogP contribution in [-0.4, -0.2) is 73.1 Å². The third-order valence-corrected chi connectivity index (χ3v) is 8.29. The molecule has 172 valence electrons. The summed E-state index contributed by atoms with van der Waals surface area (Å²) in [5, 5.41) is 0. The molecule has 7 nitrogen and oxygen atoms in total. The van der Waals surface area contributed by atoms with Crippen molar-refractivity contribution in [3.8, 4) is 0 Å². The van der Waals surface area contributed by atoms with E-state index in [1.54, 1.807) is 27.4 Å². The molecule has 0 N–H and O–H groups in total. The van der Waals surface area contributed by atoms with Gasteiger partial charge in [0.1, 0.15) is 0 Å². The second-order valence-electron chi connectivity index (χ2n) is 9.09. The minimum absolute atomic E-state index is 0.0283.